The molecule has 0 fully saturated rings. The third-order valence-electron chi connectivity index (χ3n) is 4.70. The fourth-order valence-electron chi connectivity index (χ4n) is 3.33. The molecule has 4 heteroatoms. The van der Waals surface area contributed by atoms with E-state index in [1.54, 1.807) is 7.11 Å². The molecule has 2 unspecified atom stereocenters. The number of aliphatic hydroxyl groups is 1. The van der Waals surface area contributed by atoms with Gasteiger partial charge in [0.15, 0.2) is 0 Å². The second-order valence-corrected chi connectivity index (χ2v) is 6.44. The number of benzene rings is 2. The molecular formula is C21H26N2O2. The molecule has 0 saturated carbocycles. The van der Waals surface area contributed by atoms with Gasteiger partial charge in [0.2, 0.25) is 0 Å². The summed E-state index contributed by atoms with van der Waals surface area (Å²) in [5, 5.41) is 14.6. The average Bonchev–Trinajstić information content (AvgIpc) is 3.07. The van der Waals surface area contributed by atoms with Crippen LogP contribution >= 0.6 is 0 Å². The van der Waals surface area contributed by atoms with Gasteiger partial charge in [-0.1, -0.05) is 36.4 Å². The van der Waals surface area contributed by atoms with Crippen LogP contribution in [0.25, 0.3) is 10.9 Å². The molecule has 1 heterocycles. The molecule has 132 valence electrons. The first-order chi connectivity index (χ1) is 12.2. The first-order valence-electron chi connectivity index (χ1n) is 8.77. The SMILES string of the molecule is COc1ccccc1C(CO)NC(C)CCc1c[nH]c2ccccc12. The predicted octanol–water partition coefficient (Wildman–Crippen LogP) is 3.82. The van der Waals surface area contributed by atoms with Crippen LogP contribution in [0.5, 0.6) is 5.75 Å². The highest BCUT2D eigenvalue weighted by Gasteiger charge is 2.17. The zero-order valence-electron chi connectivity index (χ0n) is 14.8. The molecule has 3 aromatic rings. The molecule has 4 nitrogen and oxygen atoms in total. The number of rotatable bonds is 8. The van der Waals surface area contributed by atoms with Crippen molar-refractivity contribution in [1.82, 2.24) is 10.3 Å². The molecule has 0 radical (unpaired) electrons. The maximum Gasteiger partial charge on any atom is 0.123 e. The van der Waals surface area contributed by atoms with E-state index in [2.05, 4.69) is 41.6 Å². The van der Waals surface area contributed by atoms with Crippen LogP contribution in [0.15, 0.2) is 54.7 Å². The summed E-state index contributed by atoms with van der Waals surface area (Å²) in [6.07, 6.45) is 4.08. The highest BCUT2D eigenvalue weighted by molar-refractivity contribution is 5.82. The Balaban J connectivity index is 1.64. The number of nitrogens with one attached hydrogen (secondary N) is 2. The number of hydrogen-bond donors (Lipinski definition) is 3. The second kappa shape index (κ2) is 8.19. The topological polar surface area (TPSA) is 57.3 Å². The Bertz CT molecular complexity index is 812. The summed E-state index contributed by atoms with van der Waals surface area (Å²) in [6.45, 7) is 2.20. The van der Waals surface area contributed by atoms with E-state index in [-0.39, 0.29) is 18.7 Å². The van der Waals surface area contributed by atoms with Crippen LogP contribution in [-0.4, -0.2) is 29.8 Å². The quantitative estimate of drug-likeness (QED) is 0.585. The molecule has 3 N–H and O–H groups in total. The van der Waals surface area contributed by atoms with Gasteiger partial charge in [0.05, 0.1) is 19.8 Å². The third-order valence-corrected chi connectivity index (χ3v) is 4.70. The number of para-hydroxylation sites is 2. The lowest BCUT2D eigenvalue weighted by atomic mass is 10.0. The van der Waals surface area contributed by atoms with Gasteiger partial charge in [-0.2, -0.15) is 0 Å². The lowest BCUT2D eigenvalue weighted by Crippen LogP contribution is -2.33. The van der Waals surface area contributed by atoms with E-state index in [0.29, 0.717) is 0 Å². The molecule has 3 rings (SSSR count). The van der Waals surface area contributed by atoms with Gasteiger partial charge in [0.1, 0.15) is 5.75 Å². The maximum atomic E-state index is 9.82. The summed E-state index contributed by atoms with van der Waals surface area (Å²) in [4.78, 5) is 3.33. The minimum absolute atomic E-state index is 0.0395. The normalized spacial score (nSPS) is 13.7. The summed E-state index contributed by atoms with van der Waals surface area (Å²) in [6, 6.07) is 16.4. The van der Waals surface area contributed by atoms with Crippen molar-refractivity contribution in [2.24, 2.45) is 0 Å². The van der Waals surface area contributed by atoms with Crippen molar-refractivity contribution in [2.75, 3.05) is 13.7 Å². The molecule has 0 bridgehead atoms. The molecule has 0 aliphatic heterocycles. The monoisotopic (exact) mass is 338 g/mol. The lowest BCUT2D eigenvalue weighted by Gasteiger charge is -2.23. The largest absolute Gasteiger partial charge is 0.496 e. The fourth-order valence-corrected chi connectivity index (χ4v) is 3.33. The number of methoxy groups -OCH3 is 1. The average molecular weight is 338 g/mol. The van der Waals surface area contributed by atoms with Crippen LogP contribution in [0.3, 0.4) is 0 Å². The summed E-state index contributed by atoms with van der Waals surface area (Å²) >= 11 is 0. The van der Waals surface area contributed by atoms with Gasteiger partial charge in [-0.25, -0.2) is 0 Å². The van der Waals surface area contributed by atoms with E-state index in [1.165, 1.54) is 16.5 Å². The minimum atomic E-state index is -0.130. The van der Waals surface area contributed by atoms with E-state index in [1.807, 2.05) is 30.3 Å². The van der Waals surface area contributed by atoms with Crippen molar-refractivity contribution < 1.29 is 9.84 Å². The first-order valence-corrected chi connectivity index (χ1v) is 8.77. The van der Waals surface area contributed by atoms with Gasteiger partial charge < -0.3 is 20.1 Å². The summed E-state index contributed by atoms with van der Waals surface area (Å²) in [5.41, 5.74) is 3.51. The van der Waals surface area contributed by atoms with Crippen molar-refractivity contribution in [1.29, 1.82) is 0 Å². The van der Waals surface area contributed by atoms with E-state index in [0.717, 1.165) is 24.2 Å². The Labute approximate surface area is 148 Å². The molecule has 25 heavy (non-hydrogen) atoms. The van der Waals surface area contributed by atoms with Gasteiger partial charge in [-0.05, 0) is 37.5 Å². The van der Waals surface area contributed by atoms with Crippen LogP contribution in [0.4, 0.5) is 0 Å². The summed E-state index contributed by atoms with van der Waals surface area (Å²) < 4.78 is 5.42. The molecule has 1 aromatic heterocycles. The van der Waals surface area contributed by atoms with Crippen LogP contribution in [0.2, 0.25) is 0 Å². The first kappa shape index (κ1) is 17.5. The Morgan fingerprint density at radius 3 is 2.68 bits per heavy atom. The van der Waals surface area contributed by atoms with Crippen LogP contribution < -0.4 is 10.1 Å². The molecule has 0 aliphatic carbocycles. The van der Waals surface area contributed by atoms with Crippen molar-refractivity contribution in [2.45, 2.75) is 31.8 Å². The number of hydrogen-bond acceptors (Lipinski definition) is 3. The van der Waals surface area contributed by atoms with Crippen molar-refractivity contribution >= 4 is 10.9 Å². The van der Waals surface area contributed by atoms with Gasteiger partial charge >= 0.3 is 0 Å². The van der Waals surface area contributed by atoms with E-state index >= 15 is 0 Å². The molecule has 0 aliphatic rings. The third kappa shape index (κ3) is 4.03. The Morgan fingerprint density at radius 1 is 1.12 bits per heavy atom. The number of aromatic amines is 1. The zero-order valence-corrected chi connectivity index (χ0v) is 14.8. The van der Waals surface area contributed by atoms with Crippen molar-refractivity contribution in [3.63, 3.8) is 0 Å². The van der Waals surface area contributed by atoms with E-state index < -0.39 is 0 Å². The van der Waals surface area contributed by atoms with Crippen LogP contribution in [0.1, 0.15) is 30.5 Å². The molecule has 0 spiro atoms. The molecule has 2 atom stereocenters. The van der Waals surface area contributed by atoms with Gasteiger partial charge in [0, 0.05) is 28.7 Å². The summed E-state index contributed by atoms with van der Waals surface area (Å²) in [7, 11) is 1.66. The maximum absolute atomic E-state index is 9.82. The number of aromatic nitrogens is 1. The van der Waals surface area contributed by atoms with Gasteiger partial charge in [0.25, 0.3) is 0 Å². The smallest absolute Gasteiger partial charge is 0.123 e. The van der Waals surface area contributed by atoms with Crippen LogP contribution in [-0.2, 0) is 6.42 Å². The second-order valence-electron chi connectivity index (χ2n) is 6.44. The Kier molecular flexibility index (Phi) is 5.74. The number of fused-ring (bicyclic) bond motifs is 1. The highest BCUT2D eigenvalue weighted by Crippen LogP contribution is 2.25. The predicted molar refractivity (Wildman–Crippen MR) is 102 cm³/mol. The number of ether oxygens (including phenoxy) is 1. The Morgan fingerprint density at radius 2 is 1.88 bits per heavy atom. The Hall–Kier alpha value is -2.30. The number of aliphatic hydroxyl groups excluding tert-OH is 1. The number of H-pyrrole nitrogens is 1. The molecule has 2 aromatic carbocycles. The van der Waals surface area contributed by atoms with Crippen molar-refractivity contribution in [3.05, 3.63) is 65.9 Å². The van der Waals surface area contributed by atoms with E-state index in [9.17, 15) is 5.11 Å². The fraction of sp³-hybridized carbons (Fsp3) is 0.333. The minimum Gasteiger partial charge on any atom is -0.496 e. The van der Waals surface area contributed by atoms with Crippen molar-refractivity contribution in [3.8, 4) is 5.75 Å². The molecule has 0 saturated heterocycles. The van der Waals surface area contributed by atoms with E-state index in [4.69, 9.17) is 4.74 Å². The number of aryl methyl sites for hydroxylation is 1. The zero-order chi connectivity index (χ0) is 17.6. The lowest BCUT2D eigenvalue weighted by molar-refractivity contribution is 0.230. The molecule has 0 amide bonds. The van der Waals surface area contributed by atoms with Gasteiger partial charge in [-0.15, -0.1) is 0 Å². The highest BCUT2D eigenvalue weighted by atomic mass is 16.5. The van der Waals surface area contributed by atoms with Crippen LogP contribution in [0, 0.1) is 0 Å². The standard InChI is InChI=1S/C21H26N2O2/c1-15(11-12-16-13-22-19-9-5-3-7-17(16)19)23-20(14-24)18-8-4-6-10-21(18)25-2/h3-10,13,15,20,22-24H,11-12,14H2,1-2H3. The van der Waals surface area contributed by atoms with Gasteiger partial charge in [-0.3, -0.25) is 0 Å². The summed E-state index contributed by atoms with van der Waals surface area (Å²) in [5.74, 6) is 0.804. The molecular weight excluding hydrogens is 312 g/mol.